The second kappa shape index (κ2) is 7.25. The Bertz CT molecular complexity index is 175. The molecule has 0 aromatic carbocycles. The van der Waals surface area contributed by atoms with Crippen LogP contribution in [0, 0.1) is 5.92 Å². The fourth-order valence-electron chi connectivity index (χ4n) is 2.69. The van der Waals surface area contributed by atoms with E-state index in [-0.39, 0.29) is 0 Å². The van der Waals surface area contributed by atoms with Gasteiger partial charge in [-0.25, -0.2) is 0 Å². The Balaban J connectivity index is 1.42. The lowest BCUT2D eigenvalue weighted by Gasteiger charge is -2.26. The van der Waals surface area contributed by atoms with Crippen LogP contribution in [-0.2, 0) is 4.74 Å². The Morgan fingerprint density at radius 3 is 2.75 bits per heavy atom. The highest BCUT2D eigenvalue weighted by Crippen LogP contribution is 2.12. The molecule has 2 rings (SSSR count). The number of hydrogen-bond acceptors (Lipinski definition) is 3. The zero-order valence-corrected chi connectivity index (χ0v) is 10.4. The van der Waals surface area contributed by atoms with Crippen molar-refractivity contribution in [1.29, 1.82) is 0 Å². The number of ether oxygens (including phenoxy) is 1. The number of hydrogen-bond donors (Lipinski definition) is 1. The first-order chi connectivity index (χ1) is 7.95. The molecule has 2 heterocycles. The molecule has 2 aliphatic rings. The molecule has 0 aliphatic carbocycles. The molecule has 16 heavy (non-hydrogen) atoms. The first-order valence-electron chi connectivity index (χ1n) is 6.96. The van der Waals surface area contributed by atoms with Gasteiger partial charge in [0.25, 0.3) is 0 Å². The van der Waals surface area contributed by atoms with Crippen molar-refractivity contribution < 1.29 is 4.74 Å². The molecule has 0 aromatic heterocycles. The van der Waals surface area contributed by atoms with Crippen LogP contribution in [0.1, 0.15) is 32.1 Å². The highest BCUT2D eigenvalue weighted by Gasteiger charge is 2.14. The standard InChI is InChI=1S/C13H26N2O/c1-2-7-15(8-3-1)9-11-16-10-5-13-4-6-14-12-13/h13-14H,1-12H2. The summed E-state index contributed by atoms with van der Waals surface area (Å²) in [7, 11) is 0. The first kappa shape index (κ1) is 12.3. The molecule has 0 amide bonds. The van der Waals surface area contributed by atoms with Crippen molar-refractivity contribution in [2.45, 2.75) is 32.1 Å². The summed E-state index contributed by atoms with van der Waals surface area (Å²) in [6.07, 6.45) is 6.77. The normalized spacial score (nSPS) is 27.4. The average Bonchev–Trinajstić information content (AvgIpc) is 2.83. The zero-order chi connectivity index (χ0) is 11.1. The highest BCUT2D eigenvalue weighted by molar-refractivity contribution is 4.70. The summed E-state index contributed by atoms with van der Waals surface area (Å²) in [5.41, 5.74) is 0. The van der Waals surface area contributed by atoms with Gasteiger partial charge in [-0.15, -0.1) is 0 Å². The van der Waals surface area contributed by atoms with Gasteiger partial charge < -0.3 is 15.0 Å². The smallest absolute Gasteiger partial charge is 0.0593 e. The van der Waals surface area contributed by atoms with Crippen molar-refractivity contribution in [3.8, 4) is 0 Å². The molecule has 0 radical (unpaired) electrons. The van der Waals surface area contributed by atoms with Crippen molar-refractivity contribution in [3.63, 3.8) is 0 Å². The van der Waals surface area contributed by atoms with Crippen LogP contribution in [0.5, 0.6) is 0 Å². The Labute approximate surface area is 99.5 Å². The quantitative estimate of drug-likeness (QED) is 0.695. The minimum Gasteiger partial charge on any atom is -0.380 e. The molecule has 3 nitrogen and oxygen atoms in total. The van der Waals surface area contributed by atoms with Crippen LogP contribution >= 0.6 is 0 Å². The number of piperidine rings is 1. The van der Waals surface area contributed by atoms with E-state index in [1.165, 1.54) is 58.3 Å². The number of nitrogens with one attached hydrogen (secondary N) is 1. The maximum Gasteiger partial charge on any atom is 0.0593 e. The maximum absolute atomic E-state index is 5.73. The van der Waals surface area contributed by atoms with E-state index in [2.05, 4.69) is 10.2 Å². The third-order valence-electron chi connectivity index (χ3n) is 3.83. The Hall–Kier alpha value is -0.120. The summed E-state index contributed by atoms with van der Waals surface area (Å²) < 4.78 is 5.73. The van der Waals surface area contributed by atoms with E-state index >= 15 is 0 Å². The predicted octanol–water partition coefficient (Wildman–Crippen LogP) is 1.49. The SMILES string of the molecule is C1CCN(CCOCCC2CCNC2)CC1. The van der Waals surface area contributed by atoms with Gasteiger partial charge in [-0.05, 0) is 57.8 Å². The van der Waals surface area contributed by atoms with E-state index in [1.807, 2.05) is 0 Å². The Morgan fingerprint density at radius 1 is 1.12 bits per heavy atom. The average molecular weight is 226 g/mol. The Kier molecular flexibility index (Phi) is 5.59. The minimum absolute atomic E-state index is 0.870. The van der Waals surface area contributed by atoms with Crippen LogP contribution in [0.3, 0.4) is 0 Å². The van der Waals surface area contributed by atoms with Crippen LogP contribution in [-0.4, -0.2) is 50.8 Å². The summed E-state index contributed by atoms with van der Waals surface area (Å²) in [5, 5.41) is 3.40. The Morgan fingerprint density at radius 2 is 2.00 bits per heavy atom. The fourth-order valence-corrected chi connectivity index (χ4v) is 2.69. The van der Waals surface area contributed by atoms with Gasteiger partial charge in [-0.2, -0.15) is 0 Å². The van der Waals surface area contributed by atoms with Gasteiger partial charge >= 0.3 is 0 Å². The molecule has 2 aliphatic heterocycles. The van der Waals surface area contributed by atoms with Crippen LogP contribution < -0.4 is 5.32 Å². The predicted molar refractivity (Wildman–Crippen MR) is 66.7 cm³/mol. The fraction of sp³-hybridized carbons (Fsp3) is 1.00. The molecule has 94 valence electrons. The lowest BCUT2D eigenvalue weighted by atomic mass is 10.1. The molecule has 1 atom stereocenters. The molecule has 2 fully saturated rings. The van der Waals surface area contributed by atoms with E-state index in [9.17, 15) is 0 Å². The molecule has 1 N–H and O–H groups in total. The van der Waals surface area contributed by atoms with Crippen molar-refractivity contribution in [3.05, 3.63) is 0 Å². The summed E-state index contributed by atoms with van der Waals surface area (Å²) in [4.78, 5) is 2.54. The van der Waals surface area contributed by atoms with Crippen molar-refractivity contribution in [1.82, 2.24) is 10.2 Å². The van der Waals surface area contributed by atoms with E-state index in [1.54, 1.807) is 0 Å². The summed E-state index contributed by atoms with van der Waals surface area (Å²) in [5.74, 6) is 0.870. The molecule has 0 bridgehead atoms. The molecule has 0 saturated carbocycles. The van der Waals surface area contributed by atoms with Gasteiger partial charge in [0.15, 0.2) is 0 Å². The van der Waals surface area contributed by atoms with Gasteiger partial charge in [-0.1, -0.05) is 6.42 Å². The molecule has 1 unspecified atom stereocenters. The largest absolute Gasteiger partial charge is 0.380 e. The van der Waals surface area contributed by atoms with Crippen molar-refractivity contribution in [2.24, 2.45) is 5.92 Å². The molecule has 0 spiro atoms. The van der Waals surface area contributed by atoms with Crippen LogP contribution in [0.4, 0.5) is 0 Å². The topological polar surface area (TPSA) is 24.5 Å². The zero-order valence-electron chi connectivity index (χ0n) is 10.4. The van der Waals surface area contributed by atoms with Crippen LogP contribution in [0.15, 0.2) is 0 Å². The van der Waals surface area contributed by atoms with Crippen LogP contribution in [0.2, 0.25) is 0 Å². The number of rotatable bonds is 6. The third-order valence-corrected chi connectivity index (χ3v) is 3.83. The van der Waals surface area contributed by atoms with Crippen LogP contribution in [0.25, 0.3) is 0 Å². The summed E-state index contributed by atoms with van der Waals surface area (Å²) in [6, 6.07) is 0. The van der Waals surface area contributed by atoms with Gasteiger partial charge in [0.2, 0.25) is 0 Å². The maximum atomic E-state index is 5.73. The molecular formula is C13H26N2O. The second-order valence-corrected chi connectivity index (χ2v) is 5.16. The van der Waals surface area contributed by atoms with E-state index in [4.69, 9.17) is 4.74 Å². The van der Waals surface area contributed by atoms with Crippen molar-refractivity contribution in [2.75, 3.05) is 45.9 Å². The highest BCUT2D eigenvalue weighted by atomic mass is 16.5. The first-order valence-corrected chi connectivity index (χ1v) is 6.96. The van der Waals surface area contributed by atoms with Crippen molar-refractivity contribution >= 4 is 0 Å². The molecular weight excluding hydrogens is 200 g/mol. The lowest BCUT2D eigenvalue weighted by molar-refractivity contribution is 0.0887. The number of nitrogens with zero attached hydrogens (tertiary/aromatic N) is 1. The van der Waals surface area contributed by atoms with Gasteiger partial charge in [0.1, 0.15) is 0 Å². The molecule has 3 heteroatoms. The number of likely N-dealkylation sites (tertiary alicyclic amines) is 1. The summed E-state index contributed by atoms with van der Waals surface area (Å²) >= 11 is 0. The van der Waals surface area contributed by atoms with E-state index in [0.29, 0.717) is 0 Å². The van der Waals surface area contributed by atoms with Gasteiger partial charge in [-0.3, -0.25) is 0 Å². The summed E-state index contributed by atoms with van der Waals surface area (Å²) in [6.45, 7) is 8.02. The van der Waals surface area contributed by atoms with Gasteiger partial charge in [0.05, 0.1) is 6.61 Å². The molecule has 0 aromatic rings. The third kappa shape index (κ3) is 4.40. The monoisotopic (exact) mass is 226 g/mol. The second-order valence-electron chi connectivity index (χ2n) is 5.16. The minimum atomic E-state index is 0.870. The van der Waals surface area contributed by atoms with E-state index in [0.717, 1.165) is 25.7 Å². The van der Waals surface area contributed by atoms with E-state index < -0.39 is 0 Å². The molecule has 2 saturated heterocycles. The lowest BCUT2D eigenvalue weighted by Crippen LogP contribution is -2.32. The van der Waals surface area contributed by atoms with Gasteiger partial charge in [0, 0.05) is 13.2 Å².